The van der Waals surface area contributed by atoms with E-state index in [4.69, 9.17) is 10.8 Å². The van der Waals surface area contributed by atoms with Gasteiger partial charge in [0.15, 0.2) is 5.82 Å². The van der Waals surface area contributed by atoms with Crippen LogP contribution in [-0.2, 0) is 0 Å². The molecular weight excluding hydrogens is 348 g/mol. The zero-order valence-electron chi connectivity index (χ0n) is 13.9. The Labute approximate surface area is 153 Å². The maximum absolute atomic E-state index is 11.9. The van der Waals surface area contributed by atoms with E-state index in [2.05, 4.69) is 15.3 Å². The molecule has 1 atom stereocenters. The standard InChI is InChI=1S/C18H14N6O3/c19-8-11-1-3-12(4-2-11)13-5-14(18(26)23-27)7-15(6-13)24-17(16(25)9-20)21-10-22-24/h1-10,16,19-20,25H. The van der Waals surface area contributed by atoms with Gasteiger partial charge in [0.25, 0.3) is 0 Å². The van der Waals surface area contributed by atoms with Crippen LogP contribution in [0.5, 0.6) is 0 Å². The van der Waals surface area contributed by atoms with Gasteiger partial charge in [-0.15, -0.1) is 4.91 Å². The molecule has 0 spiro atoms. The van der Waals surface area contributed by atoms with Crippen molar-refractivity contribution in [1.82, 2.24) is 14.8 Å². The largest absolute Gasteiger partial charge is 0.379 e. The third kappa shape index (κ3) is 3.58. The van der Waals surface area contributed by atoms with E-state index in [0.29, 0.717) is 16.8 Å². The van der Waals surface area contributed by atoms with Crippen molar-refractivity contribution in [2.45, 2.75) is 6.10 Å². The number of aromatic nitrogens is 3. The van der Waals surface area contributed by atoms with Gasteiger partial charge in [-0.05, 0) is 34.9 Å². The van der Waals surface area contributed by atoms with Crippen molar-refractivity contribution in [2.24, 2.45) is 5.18 Å². The molecule has 27 heavy (non-hydrogen) atoms. The highest BCUT2D eigenvalue weighted by molar-refractivity contribution is 5.96. The van der Waals surface area contributed by atoms with E-state index in [-0.39, 0.29) is 11.4 Å². The molecule has 1 amide bonds. The molecule has 3 N–H and O–H groups in total. The van der Waals surface area contributed by atoms with E-state index < -0.39 is 12.0 Å². The van der Waals surface area contributed by atoms with Crippen LogP contribution in [0, 0.1) is 15.7 Å². The molecule has 3 rings (SSSR count). The topological polar surface area (TPSA) is 145 Å². The molecule has 3 aromatic rings. The number of rotatable bonds is 6. The molecule has 2 aromatic carbocycles. The van der Waals surface area contributed by atoms with Crippen LogP contribution in [0.1, 0.15) is 27.8 Å². The molecular formula is C18H14N6O3. The number of amides is 1. The van der Waals surface area contributed by atoms with Crippen molar-refractivity contribution >= 4 is 18.3 Å². The van der Waals surface area contributed by atoms with Crippen molar-refractivity contribution in [3.05, 3.63) is 70.7 Å². The Morgan fingerprint density at radius 2 is 1.89 bits per heavy atom. The summed E-state index contributed by atoms with van der Waals surface area (Å²) in [6.45, 7) is 0. The predicted molar refractivity (Wildman–Crippen MR) is 98.5 cm³/mol. The van der Waals surface area contributed by atoms with Gasteiger partial charge in [0.05, 0.1) is 5.69 Å². The maximum Gasteiger partial charge on any atom is 0.316 e. The van der Waals surface area contributed by atoms with Gasteiger partial charge in [-0.25, -0.2) is 9.67 Å². The van der Waals surface area contributed by atoms with E-state index in [1.54, 1.807) is 30.3 Å². The monoisotopic (exact) mass is 362 g/mol. The van der Waals surface area contributed by atoms with Gasteiger partial charge in [-0.3, -0.25) is 4.79 Å². The number of nitroso groups, excluding NO2 is 1. The summed E-state index contributed by atoms with van der Waals surface area (Å²) in [6, 6.07) is 11.7. The molecule has 1 heterocycles. The first kappa shape index (κ1) is 18.0. The molecule has 0 aliphatic rings. The van der Waals surface area contributed by atoms with Gasteiger partial charge in [-0.2, -0.15) is 5.10 Å². The highest BCUT2D eigenvalue weighted by Crippen LogP contribution is 2.26. The van der Waals surface area contributed by atoms with Crippen LogP contribution in [0.3, 0.4) is 0 Å². The van der Waals surface area contributed by atoms with Crippen LogP contribution in [0.25, 0.3) is 16.8 Å². The van der Waals surface area contributed by atoms with Crippen molar-refractivity contribution in [2.75, 3.05) is 0 Å². The predicted octanol–water partition coefficient (Wildman–Crippen LogP) is 2.52. The van der Waals surface area contributed by atoms with Gasteiger partial charge >= 0.3 is 5.91 Å². The fraction of sp³-hybridized carbons (Fsp3) is 0.0556. The molecule has 1 aromatic heterocycles. The van der Waals surface area contributed by atoms with Crippen LogP contribution in [0.2, 0.25) is 0 Å². The maximum atomic E-state index is 11.9. The first-order valence-corrected chi connectivity index (χ1v) is 7.80. The Balaban J connectivity index is 2.18. The van der Waals surface area contributed by atoms with Crippen molar-refractivity contribution in [3.63, 3.8) is 0 Å². The molecule has 9 nitrogen and oxygen atoms in total. The molecule has 0 aliphatic carbocycles. The van der Waals surface area contributed by atoms with E-state index in [1.807, 2.05) is 0 Å². The van der Waals surface area contributed by atoms with Crippen molar-refractivity contribution < 1.29 is 9.90 Å². The molecule has 9 heteroatoms. The van der Waals surface area contributed by atoms with Crippen LogP contribution < -0.4 is 0 Å². The summed E-state index contributed by atoms with van der Waals surface area (Å²) in [5.41, 5.74) is 2.51. The zero-order valence-corrected chi connectivity index (χ0v) is 13.9. The minimum Gasteiger partial charge on any atom is -0.379 e. The van der Waals surface area contributed by atoms with E-state index >= 15 is 0 Å². The van der Waals surface area contributed by atoms with Crippen molar-refractivity contribution in [1.29, 1.82) is 10.8 Å². The van der Waals surface area contributed by atoms with Gasteiger partial charge in [0.1, 0.15) is 12.4 Å². The van der Waals surface area contributed by atoms with E-state index in [1.165, 1.54) is 29.4 Å². The molecule has 0 aliphatic heterocycles. The molecule has 0 saturated carbocycles. The van der Waals surface area contributed by atoms with Crippen molar-refractivity contribution in [3.8, 4) is 16.8 Å². The lowest BCUT2D eigenvalue weighted by Gasteiger charge is -2.11. The first-order valence-electron chi connectivity index (χ1n) is 7.80. The average molecular weight is 362 g/mol. The molecule has 0 saturated heterocycles. The summed E-state index contributed by atoms with van der Waals surface area (Å²) in [5, 5.41) is 30.9. The van der Waals surface area contributed by atoms with Crippen LogP contribution in [0.15, 0.2) is 54.0 Å². The summed E-state index contributed by atoms with van der Waals surface area (Å²) >= 11 is 0. The fourth-order valence-electron chi connectivity index (χ4n) is 2.57. The molecule has 134 valence electrons. The summed E-state index contributed by atoms with van der Waals surface area (Å²) in [6.07, 6.45) is 1.96. The minimum atomic E-state index is -1.27. The lowest BCUT2D eigenvalue weighted by atomic mass is 10.0. The highest BCUT2D eigenvalue weighted by Gasteiger charge is 2.17. The van der Waals surface area contributed by atoms with Crippen LogP contribution >= 0.6 is 0 Å². The molecule has 1 unspecified atom stereocenters. The normalized spacial score (nSPS) is 11.6. The number of carbonyl (C=O) groups excluding carboxylic acids is 1. The Kier molecular flexibility index (Phi) is 5.04. The number of nitrogens with one attached hydrogen (secondary N) is 2. The number of hydrogen-bond donors (Lipinski definition) is 3. The average Bonchev–Trinajstić information content (AvgIpc) is 3.22. The lowest BCUT2D eigenvalue weighted by molar-refractivity contribution is 0.100. The number of hydrogen-bond acceptors (Lipinski definition) is 7. The summed E-state index contributed by atoms with van der Waals surface area (Å²) in [4.78, 5) is 26.5. The second kappa shape index (κ2) is 7.58. The Bertz CT molecular complexity index is 1030. The summed E-state index contributed by atoms with van der Waals surface area (Å²) in [7, 11) is 0. The number of nitrogens with zero attached hydrogens (tertiary/aromatic N) is 4. The quantitative estimate of drug-likeness (QED) is 0.455. The highest BCUT2D eigenvalue weighted by atomic mass is 16.3. The molecule has 0 fully saturated rings. The van der Waals surface area contributed by atoms with Gasteiger partial charge in [0, 0.05) is 23.2 Å². The summed E-state index contributed by atoms with van der Waals surface area (Å²) in [5.74, 6) is -0.845. The Morgan fingerprint density at radius 3 is 2.52 bits per heavy atom. The second-order valence-electron chi connectivity index (χ2n) is 5.57. The number of aliphatic hydroxyl groups excluding tert-OH is 1. The minimum absolute atomic E-state index is 0.0550. The van der Waals surface area contributed by atoms with Crippen LogP contribution in [-0.4, -0.2) is 38.2 Å². The number of carbonyl (C=O) groups is 1. The third-order valence-corrected chi connectivity index (χ3v) is 3.90. The van der Waals surface area contributed by atoms with E-state index in [9.17, 15) is 14.8 Å². The van der Waals surface area contributed by atoms with Gasteiger partial charge < -0.3 is 15.9 Å². The third-order valence-electron chi connectivity index (χ3n) is 3.90. The smallest absolute Gasteiger partial charge is 0.316 e. The number of aliphatic hydroxyl groups is 1. The van der Waals surface area contributed by atoms with Crippen LogP contribution in [0.4, 0.5) is 0 Å². The number of benzene rings is 2. The SMILES string of the molecule is N=Cc1ccc(-c2cc(C(=O)N=O)cc(-n3ncnc3C(O)C=N)c2)cc1. The van der Waals surface area contributed by atoms with Gasteiger partial charge in [-0.1, -0.05) is 24.3 Å². The summed E-state index contributed by atoms with van der Waals surface area (Å²) < 4.78 is 1.28. The Hall–Kier alpha value is -3.85. The lowest BCUT2D eigenvalue weighted by Crippen LogP contribution is -2.10. The Morgan fingerprint density at radius 1 is 1.15 bits per heavy atom. The van der Waals surface area contributed by atoms with E-state index in [0.717, 1.165) is 11.8 Å². The molecule has 0 radical (unpaired) electrons. The first-order chi connectivity index (χ1) is 13.1. The fourth-order valence-corrected chi connectivity index (χ4v) is 2.57. The second-order valence-corrected chi connectivity index (χ2v) is 5.57. The zero-order chi connectivity index (χ0) is 19.4. The van der Waals surface area contributed by atoms with Gasteiger partial charge in [0.2, 0.25) is 0 Å². The molecule has 0 bridgehead atoms.